The number of aryl methyl sites for hydroxylation is 1. The number of amides is 2. The third kappa shape index (κ3) is 5.79. The highest BCUT2D eigenvalue weighted by atomic mass is 16.5. The van der Waals surface area contributed by atoms with Crippen LogP contribution in [0, 0.1) is 5.92 Å². The van der Waals surface area contributed by atoms with Gasteiger partial charge in [0.1, 0.15) is 0 Å². The first-order valence-electron chi connectivity index (χ1n) is 11.8. The van der Waals surface area contributed by atoms with Gasteiger partial charge in [-0.05, 0) is 43.0 Å². The second kappa shape index (κ2) is 11.0. The molecule has 0 unspecified atom stereocenters. The fraction of sp³-hybridized carbons (Fsp3) is 0.385. The highest BCUT2D eigenvalue weighted by Crippen LogP contribution is 2.30. The maximum Gasteiger partial charge on any atom is 0.261 e. The zero-order chi connectivity index (χ0) is 24.8. The summed E-state index contributed by atoms with van der Waals surface area (Å²) in [5.74, 6) is 1.04. The Balaban J connectivity index is 1.28. The van der Waals surface area contributed by atoms with Gasteiger partial charge in [0.05, 0.1) is 31.4 Å². The molecule has 1 aromatic heterocycles. The van der Waals surface area contributed by atoms with Crippen LogP contribution in [0.4, 0.5) is 5.69 Å². The lowest BCUT2D eigenvalue weighted by molar-refractivity contribution is -0.122. The molecule has 184 valence electrons. The van der Waals surface area contributed by atoms with E-state index in [1.54, 1.807) is 12.1 Å². The largest absolute Gasteiger partial charge is 0.493 e. The van der Waals surface area contributed by atoms with Crippen LogP contribution in [0.15, 0.2) is 47.5 Å². The van der Waals surface area contributed by atoms with Crippen molar-refractivity contribution in [1.82, 2.24) is 14.9 Å². The monoisotopic (exact) mass is 478 g/mol. The van der Waals surface area contributed by atoms with Crippen LogP contribution in [0.3, 0.4) is 0 Å². The summed E-state index contributed by atoms with van der Waals surface area (Å²) >= 11 is 0. The SMILES string of the molecule is COc1cc2ncn(CCCC(=O)NCc3cccc(NC(=O)C4CCC4)c3)c(=O)c2cc1OC. The van der Waals surface area contributed by atoms with Crippen molar-refractivity contribution in [3.63, 3.8) is 0 Å². The zero-order valence-electron chi connectivity index (χ0n) is 20.0. The molecule has 3 aromatic rings. The fourth-order valence-corrected chi connectivity index (χ4v) is 4.02. The van der Waals surface area contributed by atoms with Crippen molar-refractivity contribution >= 4 is 28.4 Å². The van der Waals surface area contributed by atoms with Crippen molar-refractivity contribution in [1.29, 1.82) is 0 Å². The second-order valence-electron chi connectivity index (χ2n) is 8.67. The average Bonchev–Trinajstić information content (AvgIpc) is 2.82. The number of rotatable bonds is 10. The lowest BCUT2D eigenvalue weighted by Crippen LogP contribution is -2.28. The molecule has 0 aliphatic heterocycles. The Bertz CT molecular complexity index is 1280. The van der Waals surface area contributed by atoms with Crippen molar-refractivity contribution in [3.8, 4) is 11.5 Å². The summed E-state index contributed by atoms with van der Waals surface area (Å²) in [6.07, 6.45) is 5.26. The molecule has 1 fully saturated rings. The summed E-state index contributed by atoms with van der Waals surface area (Å²) in [5, 5.41) is 6.28. The number of nitrogens with one attached hydrogen (secondary N) is 2. The average molecular weight is 479 g/mol. The third-order valence-electron chi connectivity index (χ3n) is 6.29. The molecular formula is C26H30N4O5. The van der Waals surface area contributed by atoms with Crippen molar-refractivity contribution in [2.45, 2.75) is 45.2 Å². The van der Waals surface area contributed by atoms with E-state index >= 15 is 0 Å². The number of carbonyl (C=O) groups excluding carboxylic acids is 2. The second-order valence-corrected chi connectivity index (χ2v) is 8.67. The van der Waals surface area contributed by atoms with Crippen molar-refractivity contribution in [2.75, 3.05) is 19.5 Å². The van der Waals surface area contributed by atoms with Gasteiger partial charge in [0, 0.05) is 37.2 Å². The normalized spacial score (nSPS) is 13.2. The number of aromatic nitrogens is 2. The Morgan fingerprint density at radius 2 is 1.89 bits per heavy atom. The molecule has 2 amide bonds. The summed E-state index contributed by atoms with van der Waals surface area (Å²) in [7, 11) is 3.04. The minimum absolute atomic E-state index is 0.0634. The predicted molar refractivity (Wildman–Crippen MR) is 133 cm³/mol. The first kappa shape index (κ1) is 24.3. The van der Waals surface area contributed by atoms with Crippen molar-refractivity contribution in [2.24, 2.45) is 5.92 Å². The predicted octanol–water partition coefficient (Wildman–Crippen LogP) is 3.25. The summed E-state index contributed by atoms with van der Waals surface area (Å²) in [4.78, 5) is 41.7. The minimum atomic E-state index is -0.197. The highest BCUT2D eigenvalue weighted by molar-refractivity contribution is 5.93. The molecule has 35 heavy (non-hydrogen) atoms. The van der Waals surface area contributed by atoms with Crippen LogP contribution in [0.5, 0.6) is 11.5 Å². The van der Waals surface area contributed by atoms with E-state index in [0.717, 1.165) is 30.5 Å². The topological polar surface area (TPSA) is 112 Å². The standard InChI is InChI=1S/C26H30N4O5/c1-34-22-13-20-21(14-23(22)35-2)28-16-30(26(20)33)11-5-10-24(31)27-15-17-6-3-9-19(12-17)29-25(32)18-7-4-8-18/h3,6,9,12-14,16,18H,4-5,7-8,10-11,15H2,1-2H3,(H,27,31)(H,29,32). The van der Waals surface area contributed by atoms with Gasteiger partial charge >= 0.3 is 0 Å². The smallest absolute Gasteiger partial charge is 0.261 e. The number of nitrogens with zero attached hydrogens (tertiary/aromatic N) is 2. The Morgan fingerprint density at radius 1 is 1.11 bits per heavy atom. The molecule has 2 N–H and O–H groups in total. The van der Waals surface area contributed by atoms with Crippen LogP contribution in [0.25, 0.3) is 10.9 Å². The highest BCUT2D eigenvalue weighted by Gasteiger charge is 2.25. The minimum Gasteiger partial charge on any atom is -0.493 e. The Morgan fingerprint density at radius 3 is 2.60 bits per heavy atom. The van der Waals surface area contributed by atoms with Gasteiger partial charge in [0.15, 0.2) is 11.5 Å². The van der Waals surface area contributed by atoms with Gasteiger partial charge in [0.2, 0.25) is 11.8 Å². The van der Waals surface area contributed by atoms with Crippen LogP contribution < -0.4 is 25.7 Å². The molecular weight excluding hydrogens is 448 g/mol. The van der Waals surface area contributed by atoms with Gasteiger partial charge in [-0.3, -0.25) is 19.0 Å². The number of ether oxygens (including phenoxy) is 2. The molecule has 1 saturated carbocycles. The van der Waals surface area contributed by atoms with Crippen LogP contribution in [-0.2, 0) is 22.7 Å². The Labute approximate surface area is 203 Å². The quantitative estimate of drug-likeness (QED) is 0.463. The fourth-order valence-electron chi connectivity index (χ4n) is 4.02. The van der Waals surface area contributed by atoms with E-state index in [9.17, 15) is 14.4 Å². The maximum absolute atomic E-state index is 12.9. The number of fused-ring (bicyclic) bond motifs is 1. The van der Waals surface area contributed by atoms with Gasteiger partial charge in [-0.1, -0.05) is 18.6 Å². The van der Waals surface area contributed by atoms with E-state index in [0.29, 0.717) is 41.9 Å². The van der Waals surface area contributed by atoms with Crippen LogP contribution >= 0.6 is 0 Å². The number of carbonyl (C=O) groups is 2. The van der Waals surface area contributed by atoms with Crippen LogP contribution in [-0.4, -0.2) is 35.6 Å². The summed E-state index contributed by atoms with van der Waals surface area (Å²) in [6, 6.07) is 10.8. The Kier molecular flexibility index (Phi) is 7.64. The molecule has 1 aliphatic rings. The van der Waals surface area contributed by atoms with Crippen molar-refractivity contribution < 1.29 is 19.1 Å². The van der Waals surface area contributed by atoms with Gasteiger partial charge < -0.3 is 20.1 Å². The van der Waals surface area contributed by atoms with E-state index in [2.05, 4.69) is 15.6 Å². The van der Waals surface area contributed by atoms with Crippen LogP contribution in [0.2, 0.25) is 0 Å². The van der Waals surface area contributed by atoms with Crippen LogP contribution in [0.1, 0.15) is 37.7 Å². The molecule has 2 aromatic carbocycles. The molecule has 4 rings (SSSR count). The van der Waals surface area contributed by atoms with Gasteiger partial charge in [-0.2, -0.15) is 0 Å². The number of hydrogen-bond donors (Lipinski definition) is 2. The summed E-state index contributed by atoms with van der Waals surface area (Å²) in [5.41, 5.74) is 1.97. The number of hydrogen-bond acceptors (Lipinski definition) is 6. The first-order valence-corrected chi connectivity index (χ1v) is 11.8. The van der Waals surface area contributed by atoms with E-state index in [4.69, 9.17) is 9.47 Å². The summed E-state index contributed by atoms with van der Waals surface area (Å²) in [6.45, 7) is 0.733. The molecule has 0 atom stereocenters. The number of anilines is 1. The molecule has 0 spiro atoms. The van der Waals surface area contributed by atoms with Gasteiger partial charge in [0.25, 0.3) is 5.56 Å². The molecule has 0 saturated heterocycles. The van der Waals surface area contributed by atoms with E-state index in [1.165, 1.54) is 25.1 Å². The lowest BCUT2D eigenvalue weighted by atomic mass is 9.85. The lowest BCUT2D eigenvalue weighted by Gasteiger charge is -2.24. The zero-order valence-corrected chi connectivity index (χ0v) is 20.0. The molecule has 9 heteroatoms. The molecule has 0 bridgehead atoms. The number of benzene rings is 2. The van der Waals surface area contributed by atoms with Crippen molar-refractivity contribution in [3.05, 3.63) is 58.6 Å². The summed E-state index contributed by atoms with van der Waals surface area (Å²) < 4.78 is 12.0. The molecule has 9 nitrogen and oxygen atoms in total. The Hall–Kier alpha value is -3.88. The maximum atomic E-state index is 12.9. The van der Waals surface area contributed by atoms with E-state index in [1.807, 2.05) is 24.3 Å². The van der Waals surface area contributed by atoms with Gasteiger partial charge in [-0.25, -0.2) is 4.98 Å². The molecule has 0 radical (unpaired) electrons. The first-order chi connectivity index (χ1) is 17.0. The van der Waals surface area contributed by atoms with Gasteiger partial charge in [-0.15, -0.1) is 0 Å². The molecule has 1 aliphatic carbocycles. The third-order valence-corrected chi connectivity index (χ3v) is 6.29. The van der Waals surface area contributed by atoms with E-state index < -0.39 is 0 Å². The molecule has 1 heterocycles. The number of methoxy groups -OCH3 is 2. The van der Waals surface area contributed by atoms with E-state index in [-0.39, 0.29) is 29.7 Å².